The summed E-state index contributed by atoms with van der Waals surface area (Å²) in [6.07, 6.45) is 5.97. The van der Waals surface area contributed by atoms with Gasteiger partial charge in [0.25, 0.3) is 11.8 Å². The van der Waals surface area contributed by atoms with Crippen LogP contribution in [0.15, 0.2) is 26.7 Å². The fraction of sp³-hybridized carbons (Fsp3) is 0.353. The molecule has 0 radical (unpaired) electrons. The number of urea groups is 1. The van der Waals surface area contributed by atoms with Crippen molar-refractivity contribution in [1.29, 1.82) is 0 Å². The number of nitrogens with zero attached hydrogens (tertiary/aromatic N) is 1. The zero-order valence-electron chi connectivity index (χ0n) is 13.2. The van der Waals surface area contributed by atoms with Gasteiger partial charge in [0.05, 0.1) is 8.95 Å². The number of rotatable bonds is 2. The molecule has 1 heterocycles. The third kappa shape index (κ3) is 3.64. The van der Waals surface area contributed by atoms with Gasteiger partial charge in [0, 0.05) is 6.04 Å². The van der Waals surface area contributed by atoms with E-state index in [-0.39, 0.29) is 17.4 Å². The number of amides is 4. The highest BCUT2D eigenvalue weighted by Gasteiger charge is 2.40. The molecule has 4 amide bonds. The maximum absolute atomic E-state index is 12.8. The van der Waals surface area contributed by atoms with Crippen molar-refractivity contribution < 1.29 is 19.5 Å². The van der Waals surface area contributed by atoms with E-state index in [1.165, 1.54) is 11.0 Å². The van der Waals surface area contributed by atoms with Crippen LogP contribution in [0.2, 0.25) is 0 Å². The number of aromatic hydroxyl groups is 1. The van der Waals surface area contributed by atoms with Gasteiger partial charge in [-0.1, -0.05) is 19.3 Å². The summed E-state index contributed by atoms with van der Waals surface area (Å²) in [5, 5.41) is 12.0. The van der Waals surface area contributed by atoms with Gasteiger partial charge in [-0.25, -0.2) is 4.79 Å². The summed E-state index contributed by atoms with van der Waals surface area (Å²) < 4.78 is 0.857. The van der Waals surface area contributed by atoms with Crippen LogP contribution in [0.3, 0.4) is 0 Å². The number of carbonyl (C=O) groups excluding carboxylic acids is 3. The second kappa shape index (κ2) is 7.29. The van der Waals surface area contributed by atoms with E-state index in [1.54, 1.807) is 12.1 Å². The molecule has 0 atom stereocenters. The Labute approximate surface area is 161 Å². The minimum atomic E-state index is -0.706. The third-order valence-electron chi connectivity index (χ3n) is 4.42. The van der Waals surface area contributed by atoms with Crippen molar-refractivity contribution in [2.45, 2.75) is 38.1 Å². The van der Waals surface area contributed by atoms with E-state index < -0.39 is 17.8 Å². The summed E-state index contributed by atoms with van der Waals surface area (Å²) in [5.74, 6) is -1.25. The van der Waals surface area contributed by atoms with Crippen LogP contribution in [0.5, 0.6) is 5.75 Å². The number of nitrogens with one attached hydrogen (secondary N) is 1. The molecule has 2 aliphatic rings. The topological polar surface area (TPSA) is 86.7 Å². The molecule has 1 aliphatic heterocycles. The second-order valence-corrected chi connectivity index (χ2v) is 7.83. The number of hydrogen-bond acceptors (Lipinski definition) is 4. The molecule has 2 N–H and O–H groups in total. The first kappa shape index (κ1) is 18.1. The molecular weight excluding hydrogens is 456 g/mol. The molecule has 6 nitrogen and oxygen atoms in total. The van der Waals surface area contributed by atoms with E-state index in [2.05, 4.69) is 37.2 Å². The average Bonchev–Trinajstić information content (AvgIpc) is 2.57. The van der Waals surface area contributed by atoms with E-state index in [9.17, 15) is 19.5 Å². The maximum atomic E-state index is 12.8. The number of halogens is 2. The van der Waals surface area contributed by atoms with E-state index in [4.69, 9.17) is 0 Å². The first-order valence-electron chi connectivity index (χ1n) is 7.97. The Kier molecular flexibility index (Phi) is 5.29. The quantitative estimate of drug-likeness (QED) is 0.508. The van der Waals surface area contributed by atoms with E-state index in [1.807, 2.05) is 0 Å². The zero-order valence-corrected chi connectivity index (χ0v) is 16.4. The Morgan fingerprint density at radius 2 is 1.68 bits per heavy atom. The molecule has 132 valence electrons. The second-order valence-electron chi connectivity index (χ2n) is 6.12. The lowest BCUT2D eigenvalue weighted by atomic mass is 9.93. The summed E-state index contributed by atoms with van der Waals surface area (Å²) in [5.41, 5.74) is 0.461. The first-order chi connectivity index (χ1) is 11.9. The fourth-order valence-electron chi connectivity index (χ4n) is 3.18. The van der Waals surface area contributed by atoms with Crippen molar-refractivity contribution >= 4 is 55.8 Å². The molecule has 1 saturated heterocycles. The van der Waals surface area contributed by atoms with Crippen molar-refractivity contribution in [2.24, 2.45) is 0 Å². The lowest BCUT2D eigenvalue weighted by Crippen LogP contribution is -2.58. The molecule has 2 fully saturated rings. The molecule has 1 aromatic rings. The highest BCUT2D eigenvalue weighted by molar-refractivity contribution is 9.11. The Hall–Kier alpha value is -1.67. The highest BCUT2D eigenvalue weighted by Crippen LogP contribution is 2.34. The number of phenolic OH excluding ortho intramolecular Hbond substituents is 1. The molecule has 1 aliphatic carbocycles. The van der Waals surface area contributed by atoms with Crippen LogP contribution in [0, 0.1) is 0 Å². The van der Waals surface area contributed by atoms with Gasteiger partial charge in [-0.15, -0.1) is 0 Å². The molecule has 8 heteroatoms. The third-order valence-corrected chi connectivity index (χ3v) is 5.63. The van der Waals surface area contributed by atoms with Crippen molar-refractivity contribution in [3.8, 4) is 5.75 Å². The normalized spacial score (nSPS) is 21.0. The van der Waals surface area contributed by atoms with Gasteiger partial charge in [0.15, 0.2) is 0 Å². The van der Waals surface area contributed by atoms with E-state index in [0.717, 1.165) is 32.1 Å². The Morgan fingerprint density at radius 3 is 2.28 bits per heavy atom. The van der Waals surface area contributed by atoms with Crippen LogP contribution in [0.1, 0.15) is 37.7 Å². The summed E-state index contributed by atoms with van der Waals surface area (Å²) >= 11 is 6.43. The zero-order chi connectivity index (χ0) is 18.1. The predicted octanol–water partition coefficient (Wildman–Crippen LogP) is 3.71. The van der Waals surface area contributed by atoms with E-state index >= 15 is 0 Å². The van der Waals surface area contributed by atoms with Crippen LogP contribution in [0.4, 0.5) is 4.79 Å². The van der Waals surface area contributed by atoms with Crippen LogP contribution in [0.25, 0.3) is 6.08 Å². The van der Waals surface area contributed by atoms with Gasteiger partial charge in [-0.3, -0.25) is 19.8 Å². The number of hydrogen-bond donors (Lipinski definition) is 2. The minimum absolute atomic E-state index is 0.0283. The summed E-state index contributed by atoms with van der Waals surface area (Å²) in [4.78, 5) is 38.3. The van der Waals surface area contributed by atoms with Gasteiger partial charge in [0.2, 0.25) is 0 Å². The monoisotopic (exact) mass is 470 g/mol. The van der Waals surface area contributed by atoms with Gasteiger partial charge in [0.1, 0.15) is 11.3 Å². The summed E-state index contributed by atoms with van der Waals surface area (Å²) in [7, 11) is 0. The Morgan fingerprint density at radius 1 is 1.08 bits per heavy atom. The van der Waals surface area contributed by atoms with Crippen LogP contribution in [-0.2, 0) is 9.59 Å². The number of benzene rings is 1. The number of phenols is 1. The molecule has 25 heavy (non-hydrogen) atoms. The largest absolute Gasteiger partial charge is 0.506 e. The Bertz CT molecular complexity index is 762. The number of carbonyl (C=O) groups is 3. The van der Waals surface area contributed by atoms with Crippen LogP contribution >= 0.6 is 31.9 Å². The summed E-state index contributed by atoms with van der Waals surface area (Å²) in [6.45, 7) is 0. The van der Waals surface area contributed by atoms with E-state index in [0.29, 0.717) is 14.5 Å². The molecule has 0 unspecified atom stereocenters. The molecule has 1 aromatic carbocycles. The van der Waals surface area contributed by atoms with Crippen LogP contribution < -0.4 is 5.32 Å². The van der Waals surface area contributed by atoms with Crippen molar-refractivity contribution in [3.63, 3.8) is 0 Å². The standard InChI is InChI=1S/C17H16Br2N2O4/c18-12-7-9(8-13(19)14(12)22)6-11-15(23)20-17(25)21(16(11)24)10-4-2-1-3-5-10/h6-8,10,22H,1-5H2,(H,20,23,25). The SMILES string of the molecule is O=C1NC(=O)N(C2CCCCC2)C(=O)C1=Cc1cc(Br)c(O)c(Br)c1. The minimum Gasteiger partial charge on any atom is -0.506 e. The molecule has 1 saturated carbocycles. The number of barbiturate groups is 1. The molecular formula is C17H16Br2N2O4. The molecule has 3 rings (SSSR count). The summed E-state index contributed by atoms with van der Waals surface area (Å²) in [6, 6.07) is 2.37. The predicted molar refractivity (Wildman–Crippen MR) is 98.7 cm³/mol. The van der Waals surface area contributed by atoms with Gasteiger partial charge < -0.3 is 5.11 Å². The fourth-order valence-corrected chi connectivity index (χ4v) is 4.40. The van der Waals surface area contributed by atoms with Crippen LogP contribution in [-0.4, -0.2) is 33.9 Å². The van der Waals surface area contributed by atoms with Gasteiger partial charge in [-0.05, 0) is 68.5 Å². The highest BCUT2D eigenvalue weighted by atomic mass is 79.9. The molecule has 0 aromatic heterocycles. The van der Waals surface area contributed by atoms with Gasteiger partial charge in [-0.2, -0.15) is 0 Å². The van der Waals surface area contributed by atoms with Crippen molar-refractivity contribution in [3.05, 3.63) is 32.2 Å². The van der Waals surface area contributed by atoms with Crippen molar-refractivity contribution in [2.75, 3.05) is 0 Å². The first-order valence-corrected chi connectivity index (χ1v) is 9.55. The Balaban J connectivity index is 1.95. The number of imide groups is 2. The lowest BCUT2D eigenvalue weighted by molar-refractivity contribution is -0.132. The smallest absolute Gasteiger partial charge is 0.331 e. The van der Waals surface area contributed by atoms with Gasteiger partial charge >= 0.3 is 6.03 Å². The molecule has 0 bridgehead atoms. The maximum Gasteiger partial charge on any atom is 0.331 e. The lowest BCUT2D eigenvalue weighted by Gasteiger charge is -2.35. The molecule has 0 spiro atoms. The average molecular weight is 472 g/mol. The van der Waals surface area contributed by atoms with Crippen molar-refractivity contribution in [1.82, 2.24) is 10.2 Å².